The molecule has 1 heterocycles. The number of nitrogens with zero attached hydrogens (tertiary/aromatic N) is 1. The maximum absolute atomic E-state index is 11.9. The summed E-state index contributed by atoms with van der Waals surface area (Å²) in [4.78, 5) is 14.4. The smallest absolute Gasteiger partial charge is 0.307 e. The highest BCUT2D eigenvalue weighted by Crippen LogP contribution is 2.37. The maximum Gasteiger partial charge on any atom is 0.307 e. The van der Waals surface area contributed by atoms with E-state index in [1.54, 1.807) is 0 Å². The summed E-state index contributed by atoms with van der Waals surface area (Å²) in [5, 5.41) is 0. The summed E-state index contributed by atoms with van der Waals surface area (Å²) in [5.74, 6) is -0.0362. The lowest BCUT2D eigenvalue weighted by atomic mass is 9.77. The van der Waals surface area contributed by atoms with E-state index < -0.39 is 0 Å². The molecule has 1 saturated carbocycles. The Labute approximate surface area is 110 Å². The number of carbonyl (C=O) groups excluding carboxylic acids is 1. The Bertz CT molecular complexity index is 268. The Morgan fingerprint density at radius 2 is 1.89 bits per heavy atom. The zero-order valence-electron chi connectivity index (χ0n) is 11.5. The zero-order valence-corrected chi connectivity index (χ0v) is 11.5. The van der Waals surface area contributed by atoms with E-state index in [1.165, 1.54) is 19.3 Å². The molecule has 1 aliphatic heterocycles. The highest BCUT2D eigenvalue weighted by Gasteiger charge is 2.40. The van der Waals surface area contributed by atoms with Crippen LogP contribution in [-0.4, -0.2) is 49.3 Å². The second kappa shape index (κ2) is 6.53. The summed E-state index contributed by atoms with van der Waals surface area (Å²) in [6.45, 7) is 5.87. The first-order valence-corrected chi connectivity index (χ1v) is 7.25. The van der Waals surface area contributed by atoms with Crippen molar-refractivity contribution in [3.8, 4) is 0 Å². The van der Waals surface area contributed by atoms with Gasteiger partial charge in [-0.3, -0.25) is 9.69 Å². The van der Waals surface area contributed by atoms with Crippen molar-refractivity contribution in [2.45, 2.75) is 51.0 Å². The molecule has 0 radical (unpaired) electrons. The summed E-state index contributed by atoms with van der Waals surface area (Å²) in [6, 6.07) is 0. The standard InChI is InChI=1S/C14H25NO3/c1-2-18-13(16)12-14(6-4-3-5-7-14)15-8-10-17-11-9-15/h2-12H2,1H3. The van der Waals surface area contributed by atoms with Crippen LogP contribution in [0.1, 0.15) is 45.4 Å². The second-order valence-corrected chi connectivity index (χ2v) is 5.37. The third-order valence-electron chi connectivity index (χ3n) is 4.24. The van der Waals surface area contributed by atoms with Crippen LogP contribution in [0.5, 0.6) is 0 Å². The molecule has 104 valence electrons. The van der Waals surface area contributed by atoms with Gasteiger partial charge in [-0.1, -0.05) is 19.3 Å². The molecule has 0 atom stereocenters. The fourth-order valence-corrected chi connectivity index (χ4v) is 3.33. The minimum absolute atomic E-state index is 0.0362. The van der Waals surface area contributed by atoms with Crippen LogP contribution >= 0.6 is 0 Å². The van der Waals surface area contributed by atoms with Crippen molar-refractivity contribution in [2.24, 2.45) is 0 Å². The van der Waals surface area contributed by atoms with Crippen molar-refractivity contribution in [3.63, 3.8) is 0 Å². The molecule has 2 fully saturated rings. The quantitative estimate of drug-likeness (QED) is 0.720. The van der Waals surface area contributed by atoms with Crippen molar-refractivity contribution in [1.29, 1.82) is 0 Å². The summed E-state index contributed by atoms with van der Waals surface area (Å²) in [7, 11) is 0. The number of morpholine rings is 1. The lowest BCUT2D eigenvalue weighted by molar-refractivity contribution is -0.149. The third kappa shape index (κ3) is 3.23. The molecule has 1 aliphatic carbocycles. The summed E-state index contributed by atoms with van der Waals surface area (Å²) < 4.78 is 10.6. The van der Waals surface area contributed by atoms with Crippen LogP contribution in [0, 0.1) is 0 Å². The first-order valence-electron chi connectivity index (χ1n) is 7.25. The van der Waals surface area contributed by atoms with Crippen molar-refractivity contribution >= 4 is 5.97 Å². The predicted octanol–water partition coefficient (Wildman–Crippen LogP) is 1.97. The van der Waals surface area contributed by atoms with Gasteiger partial charge in [0.05, 0.1) is 26.2 Å². The Morgan fingerprint density at radius 3 is 2.50 bits per heavy atom. The lowest BCUT2D eigenvalue weighted by Gasteiger charge is -2.47. The first kappa shape index (κ1) is 13.8. The van der Waals surface area contributed by atoms with Crippen molar-refractivity contribution < 1.29 is 14.3 Å². The third-order valence-corrected chi connectivity index (χ3v) is 4.24. The van der Waals surface area contributed by atoms with Crippen LogP contribution in [0.4, 0.5) is 0 Å². The van der Waals surface area contributed by atoms with Crippen molar-refractivity contribution in [1.82, 2.24) is 4.90 Å². The summed E-state index contributed by atoms with van der Waals surface area (Å²) >= 11 is 0. The highest BCUT2D eigenvalue weighted by atomic mass is 16.5. The molecule has 0 bridgehead atoms. The van der Waals surface area contributed by atoms with Crippen molar-refractivity contribution in [2.75, 3.05) is 32.9 Å². The van der Waals surface area contributed by atoms with E-state index in [-0.39, 0.29) is 11.5 Å². The topological polar surface area (TPSA) is 38.8 Å². The number of hydrogen-bond acceptors (Lipinski definition) is 4. The van der Waals surface area contributed by atoms with E-state index in [9.17, 15) is 4.79 Å². The monoisotopic (exact) mass is 255 g/mol. The largest absolute Gasteiger partial charge is 0.466 e. The van der Waals surface area contributed by atoms with Gasteiger partial charge in [-0.15, -0.1) is 0 Å². The molecule has 4 heteroatoms. The molecule has 0 aromatic rings. The van der Waals surface area contributed by atoms with Crippen LogP contribution in [0.3, 0.4) is 0 Å². The molecular weight excluding hydrogens is 230 g/mol. The average Bonchev–Trinajstić information content (AvgIpc) is 2.41. The summed E-state index contributed by atoms with van der Waals surface area (Å²) in [6.07, 6.45) is 6.58. The molecule has 0 spiro atoms. The van der Waals surface area contributed by atoms with E-state index in [1.807, 2.05) is 6.92 Å². The van der Waals surface area contributed by atoms with Gasteiger partial charge in [0, 0.05) is 18.6 Å². The molecular formula is C14H25NO3. The molecule has 2 rings (SSSR count). The van der Waals surface area contributed by atoms with Gasteiger partial charge in [-0.25, -0.2) is 0 Å². The van der Waals surface area contributed by atoms with Gasteiger partial charge in [0.15, 0.2) is 0 Å². The predicted molar refractivity (Wildman–Crippen MR) is 69.5 cm³/mol. The molecule has 0 unspecified atom stereocenters. The van der Waals surface area contributed by atoms with E-state index in [2.05, 4.69) is 4.90 Å². The van der Waals surface area contributed by atoms with Crippen molar-refractivity contribution in [3.05, 3.63) is 0 Å². The van der Waals surface area contributed by atoms with E-state index in [0.717, 1.165) is 39.1 Å². The van der Waals surface area contributed by atoms with E-state index in [0.29, 0.717) is 13.0 Å². The summed E-state index contributed by atoms with van der Waals surface area (Å²) in [5.41, 5.74) is 0.0499. The van der Waals surface area contributed by atoms with E-state index in [4.69, 9.17) is 9.47 Å². The molecule has 0 aromatic heterocycles. The van der Waals surface area contributed by atoms with Crippen LogP contribution < -0.4 is 0 Å². The number of hydrogen-bond donors (Lipinski definition) is 0. The van der Waals surface area contributed by atoms with Gasteiger partial charge in [0.1, 0.15) is 0 Å². The first-order chi connectivity index (χ1) is 8.77. The Balaban J connectivity index is 2.03. The molecule has 2 aliphatic rings. The molecule has 4 nitrogen and oxygen atoms in total. The van der Waals surface area contributed by atoms with Gasteiger partial charge in [-0.2, -0.15) is 0 Å². The number of esters is 1. The average molecular weight is 255 g/mol. The van der Waals surface area contributed by atoms with Gasteiger partial charge in [-0.05, 0) is 19.8 Å². The van der Waals surface area contributed by atoms with Crippen LogP contribution in [-0.2, 0) is 14.3 Å². The molecule has 0 aromatic carbocycles. The number of rotatable bonds is 4. The maximum atomic E-state index is 11.9. The molecule has 1 saturated heterocycles. The van der Waals surface area contributed by atoms with E-state index >= 15 is 0 Å². The zero-order chi connectivity index (χ0) is 12.8. The van der Waals surface area contributed by atoms with Crippen LogP contribution in [0.25, 0.3) is 0 Å². The van der Waals surface area contributed by atoms with Gasteiger partial charge in [0.25, 0.3) is 0 Å². The fourth-order valence-electron chi connectivity index (χ4n) is 3.33. The Hall–Kier alpha value is -0.610. The van der Waals surface area contributed by atoms with Crippen LogP contribution in [0.2, 0.25) is 0 Å². The second-order valence-electron chi connectivity index (χ2n) is 5.37. The minimum Gasteiger partial charge on any atom is -0.466 e. The van der Waals surface area contributed by atoms with Crippen LogP contribution in [0.15, 0.2) is 0 Å². The van der Waals surface area contributed by atoms with Gasteiger partial charge in [0.2, 0.25) is 0 Å². The lowest BCUT2D eigenvalue weighted by Crippen LogP contribution is -2.55. The normalized spacial score (nSPS) is 24.7. The number of carbonyl (C=O) groups is 1. The molecule has 0 amide bonds. The minimum atomic E-state index is -0.0362. The van der Waals surface area contributed by atoms with Gasteiger partial charge < -0.3 is 9.47 Å². The molecule has 18 heavy (non-hydrogen) atoms. The highest BCUT2D eigenvalue weighted by molar-refractivity contribution is 5.71. The Morgan fingerprint density at radius 1 is 1.22 bits per heavy atom. The molecule has 0 N–H and O–H groups in total. The van der Waals surface area contributed by atoms with Gasteiger partial charge >= 0.3 is 5.97 Å². The number of ether oxygens (including phenoxy) is 2. The fraction of sp³-hybridized carbons (Fsp3) is 0.929. The Kier molecular flexibility index (Phi) is 5.01. The SMILES string of the molecule is CCOC(=O)CC1(N2CCOCC2)CCCCC1.